The third-order valence-electron chi connectivity index (χ3n) is 6.54. The Morgan fingerprint density at radius 3 is 2.33 bits per heavy atom. The van der Waals surface area contributed by atoms with Crippen LogP contribution in [0.25, 0.3) is 11.1 Å². The molecule has 2 N–H and O–H groups in total. The van der Waals surface area contributed by atoms with Crippen molar-refractivity contribution in [2.24, 2.45) is 17.3 Å². The van der Waals surface area contributed by atoms with Gasteiger partial charge in [-0.2, -0.15) is 0 Å². The Bertz CT molecular complexity index is 836. The molecule has 3 atom stereocenters. The number of aliphatic hydroxyl groups is 2. The maximum atomic E-state index is 14.6. The summed E-state index contributed by atoms with van der Waals surface area (Å²) >= 11 is 0. The maximum Gasteiger partial charge on any atom is 0.229 e. The molecule has 2 aromatic carbocycles. The average molecular weight is 369 g/mol. The highest BCUT2D eigenvalue weighted by Crippen LogP contribution is 2.62. The van der Waals surface area contributed by atoms with E-state index in [1.54, 1.807) is 17.9 Å². The SMILES string of the molecule is CC(C(=O)N1CC2C(C1)C2(CO)CO)c1ccc(-c2ccccc2)c(F)c1. The number of halogens is 1. The second-order valence-electron chi connectivity index (χ2n) is 7.83. The van der Waals surface area contributed by atoms with Crippen molar-refractivity contribution in [3.05, 3.63) is 59.9 Å². The monoisotopic (exact) mass is 369 g/mol. The molecule has 0 radical (unpaired) electrons. The van der Waals surface area contributed by atoms with Crippen LogP contribution in [0.5, 0.6) is 0 Å². The van der Waals surface area contributed by atoms with Crippen molar-refractivity contribution >= 4 is 5.91 Å². The molecule has 4 rings (SSSR count). The summed E-state index contributed by atoms with van der Waals surface area (Å²) < 4.78 is 14.6. The minimum Gasteiger partial charge on any atom is -0.396 e. The summed E-state index contributed by atoms with van der Waals surface area (Å²) in [5.74, 6) is -0.456. The second kappa shape index (κ2) is 6.73. The summed E-state index contributed by atoms with van der Waals surface area (Å²) in [7, 11) is 0. The number of amides is 1. The van der Waals surface area contributed by atoms with E-state index in [9.17, 15) is 19.4 Å². The lowest BCUT2D eigenvalue weighted by Crippen LogP contribution is -2.38. The molecule has 5 heteroatoms. The fourth-order valence-corrected chi connectivity index (χ4v) is 4.61. The van der Waals surface area contributed by atoms with Crippen LogP contribution in [0, 0.1) is 23.1 Å². The van der Waals surface area contributed by atoms with E-state index in [0.29, 0.717) is 24.2 Å². The van der Waals surface area contributed by atoms with E-state index in [1.165, 1.54) is 6.07 Å². The molecule has 0 bridgehead atoms. The molecule has 2 fully saturated rings. The minimum atomic E-state index is -0.431. The number of likely N-dealkylation sites (tertiary alicyclic amines) is 1. The predicted molar refractivity (Wildman–Crippen MR) is 100 cm³/mol. The highest BCUT2D eigenvalue weighted by Gasteiger charge is 2.68. The number of hydrogen-bond donors (Lipinski definition) is 2. The van der Waals surface area contributed by atoms with Crippen LogP contribution < -0.4 is 0 Å². The lowest BCUT2D eigenvalue weighted by molar-refractivity contribution is -0.132. The van der Waals surface area contributed by atoms with Gasteiger partial charge in [-0.25, -0.2) is 4.39 Å². The van der Waals surface area contributed by atoms with Crippen LogP contribution in [0.3, 0.4) is 0 Å². The van der Waals surface area contributed by atoms with E-state index >= 15 is 0 Å². The Hall–Kier alpha value is -2.24. The zero-order chi connectivity index (χ0) is 19.2. The highest BCUT2D eigenvalue weighted by atomic mass is 19.1. The normalized spacial score (nSPS) is 23.8. The van der Waals surface area contributed by atoms with Crippen molar-refractivity contribution in [2.75, 3.05) is 26.3 Å². The predicted octanol–water partition coefficient (Wildman–Crippen LogP) is 2.66. The van der Waals surface area contributed by atoms with Crippen LogP contribution in [-0.2, 0) is 4.79 Å². The zero-order valence-electron chi connectivity index (χ0n) is 15.3. The van der Waals surface area contributed by atoms with E-state index in [-0.39, 0.29) is 36.8 Å². The number of carbonyl (C=O) groups is 1. The van der Waals surface area contributed by atoms with E-state index < -0.39 is 11.3 Å². The first-order valence-electron chi connectivity index (χ1n) is 9.37. The van der Waals surface area contributed by atoms with Gasteiger partial charge in [-0.3, -0.25) is 4.79 Å². The van der Waals surface area contributed by atoms with Crippen LogP contribution >= 0.6 is 0 Å². The van der Waals surface area contributed by atoms with Gasteiger partial charge >= 0.3 is 0 Å². The van der Waals surface area contributed by atoms with Gasteiger partial charge in [0, 0.05) is 24.1 Å². The molecule has 0 spiro atoms. The molecule has 1 heterocycles. The maximum absolute atomic E-state index is 14.6. The Morgan fingerprint density at radius 1 is 1.15 bits per heavy atom. The van der Waals surface area contributed by atoms with Gasteiger partial charge in [-0.15, -0.1) is 0 Å². The molecule has 1 aliphatic heterocycles. The number of carbonyl (C=O) groups excluding carboxylic acids is 1. The van der Waals surface area contributed by atoms with Gasteiger partial charge in [-0.1, -0.05) is 42.5 Å². The van der Waals surface area contributed by atoms with Crippen LogP contribution in [0.4, 0.5) is 4.39 Å². The second-order valence-corrected chi connectivity index (χ2v) is 7.83. The first-order valence-corrected chi connectivity index (χ1v) is 9.37. The molecule has 2 aliphatic rings. The van der Waals surface area contributed by atoms with Crippen LogP contribution in [0.1, 0.15) is 18.4 Å². The van der Waals surface area contributed by atoms with Gasteiger partial charge in [0.25, 0.3) is 0 Å². The number of fused-ring (bicyclic) bond motifs is 1. The van der Waals surface area contributed by atoms with Gasteiger partial charge in [0.1, 0.15) is 5.82 Å². The smallest absolute Gasteiger partial charge is 0.229 e. The Morgan fingerprint density at radius 2 is 1.78 bits per heavy atom. The lowest BCUT2D eigenvalue weighted by Gasteiger charge is -2.27. The summed E-state index contributed by atoms with van der Waals surface area (Å²) in [5, 5.41) is 19.0. The van der Waals surface area contributed by atoms with Gasteiger partial charge < -0.3 is 15.1 Å². The Balaban J connectivity index is 1.47. The van der Waals surface area contributed by atoms with E-state index in [1.807, 2.05) is 36.4 Å². The van der Waals surface area contributed by atoms with E-state index in [4.69, 9.17) is 0 Å². The topological polar surface area (TPSA) is 60.8 Å². The molecule has 27 heavy (non-hydrogen) atoms. The van der Waals surface area contributed by atoms with Crippen molar-refractivity contribution in [1.82, 2.24) is 4.90 Å². The van der Waals surface area contributed by atoms with Gasteiger partial charge in [0.15, 0.2) is 0 Å². The molecule has 142 valence electrons. The highest BCUT2D eigenvalue weighted by molar-refractivity contribution is 5.84. The first kappa shape index (κ1) is 18.1. The largest absolute Gasteiger partial charge is 0.396 e. The van der Waals surface area contributed by atoms with Crippen LogP contribution in [-0.4, -0.2) is 47.3 Å². The third-order valence-corrected chi connectivity index (χ3v) is 6.54. The zero-order valence-corrected chi connectivity index (χ0v) is 15.3. The standard InChI is InChI=1S/C22H24FNO3/c1-14(21(27)24-10-18-19(11-24)22(18,12-25)13-26)16-7-8-17(20(23)9-16)15-5-3-2-4-6-15/h2-9,14,18-19,25-26H,10-13H2,1H3. The van der Waals surface area contributed by atoms with Gasteiger partial charge in [0.2, 0.25) is 5.91 Å². The van der Waals surface area contributed by atoms with Gasteiger partial charge in [0.05, 0.1) is 19.1 Å². The quantitative estimate of drug-likeness (QED) is 0.852. The number of nitrogens with zero attached hydrogens (tertiary/aromatic N) is 1. The van der Waals surface area contributed by atoms with Crippen molar-refractivity contribution in [1.29, 1.82) is 0 Å². The molecule has 1 saturated carbocycles. The van der Waals surface area contributed by atoms with E-state index in [0.717, 1.165) is 5.56 Å². The summed E-state index contributed by atoms with van der Waals surface area (Å²) in [6, 6.07) is 14.3. The number of hydrogen-bond acceptors (Lipinski definition) is 3. The average Bonchev–Trinajstić information content (AvgIpc) is 3.06. The van der Waals surface area contributed by atoms with Crippen molar-refractivity contribution < 1.29 is 19.4 Å². The summed E-state index contributed by atoms with van der Waals surface area (Å²) in [5.41, 5.74) is 1.58. The summed E-state index contributed by atoms with van der Waals surface area (Å²) in [6.45, 7) is 2.83. The van der Waals surface area contributed by atoms with Crippen molar-refractivity contribution in [3.8, 4) is 11.1 Å². The third kappa shape index (κ3) is 2.86. The lowest BCUT2D eigenvalue weighted by atomic mass is 9.95. The molecular weight excluding hydrogens is 345 g/mol. The molecule has 0 aromatic heterocycles. The molecule has 2 aromatic rings. The molecule has 1 amide bonds. The van der Waals surface area contributed by atoms with Crippen molar-refractivity contribution in [3.63, 3.8) is 0 Å². The number of benzene rings is 2. The van der Waals surface area contributed by atoms with Crippen LogP contribution in [0.2, 0.25) is 0 Å². The summed E-state index contributed by atoms with van der Waals surface area (Å²) in [6.07, 6.45) is 0. The minimum absolute atomic E-state index is 0.0289. The number of rotatable bonds is 5. The molecule has 4 nitrogen and oxygen atoms in total. The molecule has 1 saturated heterocycles. The fraction of sp³-hybridized carbons (Fsp3) is 0.409. The number of aliphatic hydroxyl groups excluding tert-OH is 2. The molecule has 3 unspecified atom stereocenters. The van der Waals surface area contributed by atoms with Crippen LogP contribution in [0.15, 0.2) is 48.5 Å². The fourth-order valence-electron chi connectivity index (χ4n) is 4.61. The molecule has 1 aliphatic carbocycles. The Labute approximate surface area is 158 Å². The van der Waals surface area contributed by atoms with E-state index in [2.05, 4.69) is 0 Å². The summed E-state index contributed by atoms with van der Waals surface area (Å²) in [4.78, 5) is 14.6. The number of piperidine rings is 1. The Kier molecular flexibility index (Phi) is 4.52. The van der Waals surface area contributed by atoms with Gasteiger partial charge in [-0.05, 0) is 36.0 Å². The van der Waals surface area contributed by atoms with Crippen molar-refractivity contribution in [2.45, 2.75) is 12.8 Å². The first-order chi connectivity index (χ1) is 13.0. The molecular formula is C22H24FNO3.